The summed E-state index contributed by atoms with van der Waals surface area (Å²) in [4.78, 5) is 4.59. The first kappa shape index (κ1) is 5.59. The van der Waals surface area contributed by atoms with Gasteiger partial charge in [0.1, 0.15) is 6.26 Å². The molecule has 45 valence electrons. The third-order valence-corrected chi connectivity index (χ3v) is 0.891. The van der Waals surface area contributed by atoms with E-state index in [1.807, 2.05) is 0 Å². The number of ether oxygens (including phenoxy) is 1. The van der Waals surface area contributed by atoms with Crippen LogP contribution in [0.2, 0.25) is 0 Å². The molecule has 0 fully saturated rings. The summed E-state index contributed by atoms with van der Waals surface area (Å²) in [6, 6.07) is 0. The van der Waals surface area contributed by atoms with Crippen molar-refractivity contribution in [1.29, 1.82) is 0 Å². The van der Waals surface area contributed by atoms with Gasteiger partial charge in [0.15, 0.2) is 0 Å². The Labute approximate surface area is 48.2 Å². The molecule has 0 N–H and O–H groups in total. The minimum absolute atomic E-state index is 0.628. The third-order valence-electron chi connectivity index (χ3n) is 0.891. The Morgan fingerprint density at radius 1 is 2.00 bits per heavy atom. The Hall–Kier alpha value is -0.540. The van der Waals surface area contributed by atoms with Crippen LogP contribution in [0.3, 0.4) is 0 Å². The normalized spacial score (nSPS) is 17.9. The van der Waals surface area contributed by atoms with E-state index in [1.165, 1.54) is 0 Å². The zero-order chi connectivity index (χ0) is 5.82. The lowest BCUT2D eigenvalue weighted by Crippen LogP contribution is -2.01. The highest BCUT2D eigenvalue weighted by atomic mass is 16.6. The summed E-state index contributed by atoms with van der Waals surface area (Å²) in [7, 11) is 1.65. The Morgan fingerprint density at radius 3 is 3.38 bits per heavy atom. The van der Waals surface area contributed by atoms with Crippen LogP contribution in [-0.4, -0.2) is 20.3 Å². The van der Waals surface area contributed by atoms with Gasteiger partial charge in [0.2, 0.25) is 0 Å². The predicted octanol–water partition coefficient (Wildman–Crippen LogP) is 0.0663. The van der Waals surface area contributed by atoms with E-state index >= 15 is 0 Å². The van der Waals surface area contributed by atoms with Crippen molar-refractivity contribution in [2.75, 3.05) is 20.3 Å². The van der Waals surface area contributed by atoms with Crippen LogP contribution in [0.5, 0.6) is 0 Å². The summed E-state index contributed by atoms with van der Waals surface area (Å²) in [5.41, 5.74) is 4.70. The highest BCUT2D eigenvalue weighted by molar-refractivity contribution is 5.02. The van der Waals surface area contributed by atoms with Crippen molar-refractivity contribution >= 4 is 0 Å². The average molecular weight is 114 g/mol. The number of hydrogen-bond donors (Lipinski definition) is 0. The molecule has 0 atom stereocenters. The van der Waals surface area contributed by atoms with E-state index < -0.39 is 0 Å². The molecule has 0 saturated heterocycles. The summed E-state index contributed by atoms with van der Waals surface area (Å²) in [5, 5.41) is 0. The zero-order valence-corrected chi connectivity index (χ0v) is 4.76. The first-order valence-corrected chi connectivity index (χ1v) is 2.43. The summed E-state index contributed by atoms with van der Waals surface area (Å²) < 4.78 is 4.82. The largest absolute Gasteiger partial charge is 0.395 e. The fourth-order valence-corrected chi connectivity index (χ4v) is 0.534. The highest BCUT2D eigenvalue weighted by Gasteiger charge is 2.04. The van der Waals surface area contributed by atoms with Crippen molar-refractivity contribution in [3.8, 4) is 0 Å². The van der Waals surface area contributed by atoms with Crippen LogP contribution in [0.25, 0.3) is 0 Å². The van der Waals surface area contributed by atoms with Gasteiger partial charge in [0.25, 0.3) is 0 Å². The number of methoxy groups -OCH3 is 1. The second-order valence-electron chi connectivity index (χ2n) is 1.60. The maximum absolute atomic E-state index is 4.82. The molecule has 1 aliphatic heterocycles. The number of nitrogens with zero attached hydrogens (tertiary/aromatic N) is 1. The Bertz CT molecular complexity index is 101. The van der Waals surface area contributed by atoms with Crippen molar-refractivity contribution in [2.45, 2.75) is 0 Å². The van der Waals surface area contributed by atoms with Gasteiger partial charge in [-0.15, -0.1) is 0 Å². The summed E-state index contributed by atoms with van der Waals surface area (Å²) >= 11 is 0. The van der Waals surface area contributed by atoms with E-state index in [4.69, 9.17) is 4.74 Å². The highest BCUT2D eigenvalue weighted by Crippen LogP contribution is 1.99. The van der Waals surface area contributed by atoms with Gasteiger partial charge in [0.05, 0.1) is 13.2 Å². The Morgan fingerprint density at radius 2 is 2.88 bits per heavy atom. The van der Waals surface area contributed by atoms with Crippen molar-refractivity contribution < 1.29 is 9.57 Å². The standard InChI is InChI=1S/C5H8NO2/c1-7-3-5-2-6-8-4-5/h4H,2-3H2,1H3. The summed E-state index contributed by atoms with van der Waals surface area (Å²) in [6.45, 7) is 1.29. The van der Waals surface area contributed by atoms with Crippen LogP contribution in [0.15, 0.2) is 11.8 Å². The molecule has 1 heterocycles. The molecule has 1 radical (unpaired) electrons. The minimum Gasteiger partial charge on any atom is -0.395 e. The van der Waals surface area contributed by atoms with E-state index in [0.717, 1.165) is 5.57 Å². The van der Waals surface area contributed by atoms with Crippen molar-refractivity contribution in [3.05, 3.63) is 11.8 Å². The monoisotopic (exact) mass is 114 g/mol. The molecule has 0 aromatic carbocycles. The maximum Gasteiger partial charge on any atom is 0.116 e. The quantitative estimate of drug-likeness (QED) is 0.508. The molecule has 0 saturated carbocycles. The van der Waals surface area contributed by atoms with Crippen LogP contribution in [0.4, 0.5) is 0 Å². The summed E-state index contributed by atoms with van der Waals surface area (Å²) in [6.07, 6.45) is 1.61. The van der Waals surface area contributed by atoms with Gasteiger partial charge in [-0.2, -0.15) is 0 Å². The third kappa shape index (κ3) is 1.21. The molecule has 8 heavy (non-hydrogen) atoms. The maximum atomic E-state index is 4.82. The van der Waals surface area contributed by atoms with Crippen LogP contribution in [0, 0.1) is 0 Å². The molecule has 3 nitrogen and oxygen atoms in total. The Balaban J connectivity index is 2.23. The van der Waals surface area contributed by atoms with E-state index in [9.17, 15) is 0 Å². The van der Waals surface area contributed by atoms with Crippen molar-refractivity contribution in [3.63, 3.8) is 0 Å². The van der Waals surface area contributed by atoms with Gasteiger partial charge in [-0.3, -0.25) is 0 Å². The van der Waals surface area contributed by atoms with Gasteiger partial charge < -0.3 is 9.57 Å². The lowest BCUT2D eigenvalue weighted by molar-refractivity contribution is 0.158. The molecule has 0 unspecified atom stereocenters. The van der Waals surface area contributed by atoms with Gasteiger partial charge in [-0.25, -0.2) is 0 Å². The molecular weight excluding hydrogens is 106 g/mol. The molecule has 3 heteroatoms. The second-order valence-corrected chi connectivity index (χ2v) is 1.60. The Kier molecular flexibility index (Phi) is 1.88. The van der Waals surface area contributed by atoms with Crippen LogP contribution < -0.4 is 5.48 Å². The topological polar surface area (TPSA) is 32.6 Å². The molecule has 0 spiro atoms. The minimum atomic E-state index is 0.628. The van der Waals surface area contributed by atoms with Gasteiger partial charge >= 0.3 is 0 Å². The van der Waals surface area contributed by atoms with Crippen molar-refractivity contribution in [1.82, 2.24) is 5.48 Å². The van der Waals surface area contributed by atoms with E-state index in [0.29, 0.717) is 13.2 Å². The lowest BCUT2D eigenvalue weighted by Gasteiger charge is -1.91. The molecule has 0 aliphatic carbocycles. The number of rotatable bonds is 2. The van der Waals surface area contributed by atoms with Crippen LogP contribution in [0.1, 0.15) is 0 Å². The number of hydrogen-bond acceptors (Lipinski definition) is 2. The van der Waals surface area contributed by atoms with E-state index in [2.05, 4.69) is 10.3 Å². The number of hydroxylamine groups is 1. The van der Waals surface area contributed by atoms with Crippen LogP contribution in [-0.2, 0) is 9.57 Å². The average Bonchev–Trinajstić information content (AvgIpc) is 2.19. The molecular formula is C5H8NO2. The molecule has 0 bridgehead atoms. The molecule has 0 aromatic heterocycles. The fraction of sp³-hybridized carbons (Fsp3) is 0.600. The van der Waals surface area contributed by atoms with E-state index in [-0.39, 0.29) is 0 Å². The van der Waals surface area contributed by atoms with Crippen molar-refractivity contribution in [2.24, 2.45) is 0 Å². The van der Waals surface area contributed by atoms with Gasteiger partial charge in [-0.05, 0) is 5.48 Å². The van der Waals surface area contributed by atoms with Gasteiger partial charge in [-0.1, -0.05) is 0 Å². The fourth-order valence-electron chi connectivity index (χ4n) is 0.534. The molecule has 1 aliphatic rings. The lowest BCUT2D eigenvalue weighted by atomic mass is 10.3. The van der Waals surface area contributed by atoms with E-state index in [1.54, 1.807) is 13.4 Å². The SMILES string of the molecule is COCC1=CO[N]C1. The second kappa shape index (κ2) is 2.69. The summed E-state index contributed by atoms with van der Waals surface area (Å²) in [5.74, 6) is 0. The van der Waals surface area contributed by atoms with Gasteiger partial charge in [0, 0.05) is 12.7 Å². The zero-order valence-electron chi connectivity index (χ0n) is 4.76. The first-order valence-electron chi connectivity index (χ1n) is 2.43. The molecule has 0 amide bonds. The smallest absolute Gasteiger partial charge is 0.116 e. The van der Waals surface area contributed by atoms with Crippen LogP contribution >= 0.6 is 0 Å². The first-order chi connectivity index (χ1) is 3.93. The predicted molar refractivity (Wildman–Crippen MR) is 28.0 cm³/mol. The molecule has 0 aromatic rings. The molecule has 1 rings (SSSR count).